The molecule has 0 saturated heterocycles. The Balaban J connectivity index is 2.25. The van der Waals surface area contributed by atoms with Crippen molar-refractivity contribution in [1.29, 1.82) is 0 Å². The molecule has 0 aliphatic rings. The van der Waals surface area contributed by atoms with E-state index in [1.165, 1.54) is 6.07 Å². The van der Waals surface area contributed by atoms with Crippen LogP contribution in [-0.4, -0.2) is 5.78 Å². The molecule has 0 saturated carbocycles. The van der Waals surface area contributed by atoms with Crippen molar-refractivity contribution in [3.05, 3.63) is 70.8 Å². The van der Waals surface area contributed by atoms with Crippen molar-refractivity contribution in [3.63, 3.8) is 0 Å². The van der Waals surface area contributed by atoms with Crippen LogP contribution >= 0.6 is 0 Å². The molecule has 2 aromatic rings. The first-order chi connectivity index (χ1) is 9.77. The van der Waals surface area contributed by atoms with Gasteiger partial charge in [0.15, 0.2) is 5.78 Å². The fraction of sp³-hybridized carbons (Fsp3) is 0.133. The number of Topliss-reactive ketones (excluding diaryl/α,β-unsaturated/α-hetero) is 1. The van der Waals surface area contributed by atoms with Gasteiger partial charge in [0.05, 0.1) is 5.56 Å². The van der Waals surface area contributed by atoms with Crippen molar-refractivity contribution in [2.45, 2.75) is 12.6 Å². The Morgan fingerprint density at radius 3 is 2.33 bits per heavy atom. The molecule has 0 fully saturated rings. The highest BCUT2D eigenvalue weighted by atomic mass is 19.4. The molecule has 0 amide bonds. The highest BCUT2D eigenvalue weighted by molar-refractivity contribution is 5.97. The topological polar surface area (TPSA) is 17.1 Å². The van der Waals surface area contributed by atoms with Crippen molar-refractivity contribution in [3.8, 4) is 0 Å². The lowest BCUT2D eigenvalue weighted by atomic mass is 10.0. The predicted octanol–water partition coefficient (Wildman–Crippen LogP) is 4.41. The van der Waals surface area contributed by atoms with Crippen LogP contribution in [0.1, 0.15) is 21.5 Å². The summed E-state index contributed by atoms with van der Waals surface area (Å²) in [4.78, 5) is 11.9. The Labute approximate surface area is 117 Å². The van der Waals surface area contributed by atoms with Crippen molar-refractivity contribution >= 4 is 5.78 Å². The zero-order valence-corrected chi connectivity index (χ0v) is 10.5. The molecule has 21 heavy (non-hydrogen) atoms. The van der Waals surface area contributed by atoms with Crippen molar-refractivity contribution in [2.24, 2.45) is 0 Å². The second-order valence-electron chi connectivity index (χ2n) is 4.41. The van der Waals surface area contributed by atoms with E-state index in [1.54, 1.807) is 0 Å². The van der Waals surface area contributed by atoms with E-state index < -0.39 is 35.6 Å². The predicted molar refractivity (Wildman–Crippen MR) is 65.8 cm³/mol. The molecular weight excluding hydrogens is 291 g/mol. The van der Waals surface area contributed by atoms with Crippen LogP contribution in [0.25, 0.3) is 0 Å². The van der Waals surface area contributed by atoms with Gasteiger partial charge in [-0.3, -0.25) is 4.79 Å². The summed E-state index contributed by atoms with van der Waals surface area (Å²) in [7, 11) is 0. The van der Waals surface area contributed by atoms with Crippen LogP contribution in [0.15, 0.2) is 42.5 Å². The summed E-state index contributed by atoms with van der Waals surface area (Å²) in [6.07, 6.45) is -5.00. The van der Waals surface area contributed by atoms with E-state index >= 15 is 0 Å². The van der Waals surface area contributed by atoms with Gasteiger partial charge < -0.3 is 0 Å². The molecule has 110 valence electrons. The Hall–Kier alpha value is -2.24. The van der Waals surface area contributed by atoms with Gasteiger partial charge >= 0.3 is 6.18 Å². The monoisotopic (exact) mass is 300 g/mol. The van der Waals surface area contributed by atoms with Gasteiger partial charge in [-0.1, -0.05) is 18.2 Å². The van der Waals surface area contributed by atoms with Gasteiger partial charge in [-0.2, -0.15) is 13.2 Å². The number of benzene rings is 2. The summed E-state index contributed by atoms with van der Waals surface area (Å²) in [5.41, 5.74) is -1.19. The normalized spacial score (nSPS) is 11.5. The average Bonchev–Trinajstić information content (AvgIpc) is 2.41. The SMILES string of the molecule is O=C(Cc1ccc(F)cc1F)c1cccc(C(F)(F)F)c1. The summed E-state index contributed by atoms with van der Waals surface area (Å²) in [6.45, 7) is 0. The minimum atomic E-state index is -4.56. The molecule has 2 rings (SSSR count). The fourth-order valence-corrected chi connectivity index (χ4v) is 1.81. The molecule has 0 heterocycles. The van der Waals surface area contributed by atoms with E-state index in [0.29, 0.717) is 12.1 Å². The third kappa shape index (κ3) is 3.65. The van der Waals surface area contributed by atoms with E-state index in [2.05, 4.69) is 0 Å². The highest BCUT2D eigenvalue weighted by Crippen LogP contribution is 2.29. The molecule has 1 nitrogen and oxygen atoms in total. The smallest absolute Gasteiger partial charge is 0.294 e. The fourth-order valence-electron chi connectivity index (χ4n) is 1.81. The van der Waals surface area contributed by atoms with Gasteiger partial charge in [0.25, 0.3) is 0 Å². The molecule has 0 spiro atoms. The molecule has 6 heteroatoms. The van der Waals surface area contributed by atoms with Gasteiger partial charge in [-0.25, -0.2) is 8.78 Å². The van der Waals surface area contributed by atoms with Crippen LogP contribution in [0.3, 0.4) is 0 Å². The molecule has 0 unspecified atom stereocenters. The minimum absolute atomic E-state index is 0.0705. The van der Waals surface area contributed by atoms with E-state index in [0.717, 1.165) is 24.3 Å². The summed E-state index contributed by atoms with van der Waals surface area (Å²) in [6, 6.07) is 6.58. The van der Waals surface area contributed by atoms with E-state index in [4.69, 9.17) is 0 Å². The Morgan fingerprint density at radius 2 is 1.71 bits per heavy atom. The summed E-state index contributed by atoms with van der Waals surface area (Å²) >= 11 is 0. The van der Waals surface area contributed by atoms with Crippen LogP contribution in [0, 0.1) is 11.6 Å². The molecule has 0 atom stereocenters. The summed E-state index contributed by atoms with van der Waals surface area (Å²) < 4.78 is 63.8. The maximum absolute atomic E-state index is 13.4. The number of carbonyl (C=O) groups is 1. The van der Waals surface area contributed by atoms with Gasteiger partial charge in [0.2, 0.25) is 0 Å². The maximum Gasteiger partial charge on any atom is 0.416 e. The number of hydrogen-bond acceptors (Lipinski definition) is 1. The zero-order chi connectivity index (χ0) is 15.6. The molecule has 0 aliphatic carbocycles. The van der Waals surface area contributed by atoms with Gasteiger partial charge in [-0.15, -0.1) is 0 Å². The highest BCUT2D eigenvalue weighted by Gasteiger charge is 2.30. The molecule has 0 bridgehead atoms. The Morgan fingerprint density at radius 1 is 1.00 bits per heavy atom. The molecule has 2 aromatic carbocycles. The van der Waals surface area contributed by atoms with Gasteiger partial charge in [-0.05, 0) is 23.8 Å². The first-order valence-electron chi connectivity index (χ1n) is 5.92. The quantitative estimate of drug-likeness (QED) is 0.606. The standard InChI is InChI=1S/C15H9F5O/c16-12-5-4-9(13(17)8-12)7-14(21)10-2-1-3-11(6-10)15(18,19)20/h1-6,8H,7H2. The lowest BCUT2D eigenvalue weighted by Crippen LogP contribution is -2.09. The molecular formula is C15H9F5O. The molecule has 0 aliphatic heterocycles. The average molecular weight is 300 g/mol. The molecule has 0 N–H and O–H groups in total. The largest absolute Gasteiger partial charge is 0.416 e. The zero-order valence-electron chi connectivity index (χ0n) is 10.5. The minimum Gasteiger partial charge on any atom is -0.294 e. The van der Waals surface area contributed by atoms with Crippen LogP contribution in [0.5, 0.6) is 0 Å². The van der Waals surface area contributed by atoms with Crippen molar-refractivity contribution in [2.75, 3.05) is 0 Å². The third-order valence-electron chi connectivity index (χ3n) is 2.88. The van der Waals surface area contributed by atoms with E-state index in [-0.39, 0.29) is 11.1 Å². The number of hydrogen-bond donors (Lipinski definition) is 0. The number of alkyl halides is 3. The number of carbonyl (C=O) groups excluding carboxylic acids is 1. The molecule has 0 aromatic heterocycles. The van der Waals surface area contributed by atoms with Crippen molar-refractivity contribution < 1.29 is 26.7 Å². The first kappa shape index (κ1) is 15.2. The Kier molecular flexibility index (Phi) is 4.06. The van der Waals surface area contributed by atoms with E-state index in [1.807, 2.05) is 0 Å². The van der Waals surface area contributed by atoms with Crippen LogP contribution in [-0.2, 0) is 12.6 Å². The van der Waals surface area contributed by atoms with Crippen LogP contribution in [0.4, 0.5) is 22.0 Å². The Bertz CT molecular complexity index is 676. The van der Waals surface area contributed by atoms with Gasteiger partial charge in [0, 0.05) is 18.1 Å². The summed E-state index contributed by atoms with van der Waals surface area (Å²) in [5, 5.41) is 0. The second kappa shape index (κ2) is 5.63. The number of rotatable bonds is 3. The van der Waals surface area contributed by atoms with Crippen LogP contribution < -0.4 is 0 Å². The van der Waals surface area contributed by atoms with Gasteiger partial charge in [0.1, 0.15) is 11.6 Å². The summed E-state index contributed by atoms with van der Waals surface area (Å²) in [5.74, 6) is -2.37. The number of ketones is 1. The second-order valence-corrected chi connectivity index (χ2v) is 4.41. The first-order valence-corrected chi connectivity index (χ1v) is 5.92. The lowest BCUT2D eigenvalue weighted by Gasteiger charge is -2.08. The van der Waals surface area contributed by atoms with Crippen molar-refractivity contribution in [1.82, 2.24) is 0 Å². The maximum atomic E-state index is 13.4. The molecule has 0 radical (unpaired) electrons. The van der Waals surface area contributed by atoms with Crippen LogP contribution in [0.2, 0.25) is 0 Å². The number of halogens is 5. The van der Waals surface area contributed by atoms with E-state index in [9.17, 15) is 26.7 Å². The lowest BCUT2D eigenvalue weighted by molar-refractivity contribution is -0.137. The third-order valence-corrected chi connectivity index (χ3v) is 2.88.